The van der Waals surface area contributed by atoms with Crippen LogP contribution in [0.3, 0.4) is 0 Å². The Labute approximate surface area is 170 Å². The minimum Gasteiger partial charge on any atom is -0.497 e. The number of aromatic nitrogens is 1. The Hall–Kier alpha value is -2.54. The maximum Gasteiger partial charge on any atom is 0.356 e. The van der Waals surface area contributed by atoms with Crippen LogP contribution < -0.4 is 15.0 Å². The second-order valence-electron chi connectivity index (χ2n) is 9.57. The zero-order valence-electron chi connectivity index (χ0n) is 17.8. The normalized spacial score (nSPS) is 27.2. The molecule has 156 valence electrons. The Morgan fingerprint density at radius 3 is 2.66 bits per heavy atom. The third kappa shape index (κ3) is 3.37. The highest BCUT2D eigenvalue weighted by molar-refractivity contribution is 6.11. The summed E-state index contributed by atoms with van der Waals surface area (Å²) in [7, 11) is 2.91. The van der Waals surface area contributed by atoms with Gasteiger partial charge in [-0.15, -0.1) is 0 Å². The van der Waals surface area contributed by atoms with Gasteiger partial charge in [-0.2, -0.15) is 0 Å². The minimum atomic E-state index is -0.517. The fourth-order valence-electron chi connectivity index (χ4n) is 5.83. The number of aromatic amines is 1. The molecule has 7 nitrogen and oxygen atoms in total. The number of methoxy groups -OCH3 is 2. The van der Waals surface area contributed by atoms with Crippen molar-refractivity contribution in [2.24, 2.45) is 10.8 Å². The van der Waals surface area contributed by atoms with Crippen molar-refractivity contribution in [1.82, 2.24) is 4.98 Å². The summed E-state index contributed by atoms with van der Waals surface area (Å²) in [5.74, 6) is 0.0616. The highest BCUT2D eigenvalue weighted by atomic mass is 16.5. The summed E-state index contributed by atoms with van der Waals surface area (Å²) in [6.07, 6.45) is 2.38. The number of fused-ring (bicyclic) bond motifs is 3. The molecule has 4 rings (SSSR count). The first kappa shape index (κ1) is 19.8. The zero-order chi connectivity index (χ0) is 21.0. The van der Waals surface area contributed by atoms with Crippen LogP contribution in [0, 0.1) is 10.8 Å². The van der Waals surface area contributed by atoms with Crippen LogP contribution in [-0.4, -0.2) is 50.2 Å². The van der Waals surface area contributed by atoms with E-state index in [1.807, 2.05) is 6.07 Å². The Morgan fingerprint density at radius 1 is 1.28 bits per heavy atom. The molecule has 3 N–H and O–H groups in total. The number of piperidine rings is 1. The predicted octanol–water partition coefficient (Wildman–Crippen LogP) is 1.99. The summed E-state index contributed by atoms with van der Waals surface area (Å²) in [6.45, 7) is 8.36. The zero-order valence-corrected chi connectivity index (χ0v) is 17.8. The van der Waals surface area contributed by atoms with Crippen LogP contribution in [0.4, 0.5) is 5.69 Å². The van der Waals surface area contributed by atoms with Crippen LogP contribution in [0.25, 0.3) is 10.9 Å². The van der Waals surface area contributed by atoms with Crippen molar-refractivity contribution in [1.29, 1.82) is 0 Å². The molecule has 1 saturated carbocycles. The average molecular weight is 400 g/mol. The Kier molecular flexibility index (Phi) is 4.61. The molecular formula is C22H30N3O4+. The molecule has 1 aromatic carbocycles. The second kappa shape index (κ2) is 6.76. The van der Waals surface area contributed by atoms with E-state index in [-0.39, 0.29) is 17.0 Å². The van der Waals surface area contributed by atoms with Gasteiger partial charge < -0.3 is 24.7 Å². The molecule has 1 aromatic heterocycles. The number of hydrogen-bond acceptors (Lipinski definition) is 4. The Bertz CT molecular complexity index is 977. The molecule has 29 heavy (non-hydrogen) atoms. The number of rotatable bonds is 5. The number of likely N-dealkylation sites (tertiary alicyclic amines) is 1. The van der Waals surface area contributed by atoms with Crippen LogP contribution in [-0.2, 0) is 9.53 Å². The topological polar surface area (TPSA) is 84.9 Å². The molecule has 1 saturated heterocycles. The molecule has 2 aromatic rings. The van der Waals surface area contributed by atoms with E-state index >= 15 is 0 Å². The number of esters is 1. The minimum absolute atomic E-state index is 0.0891. The summed E-state index contributed by atoms with van der Waals surface area (Å²) in [5, 5.41) is 3.73. The number of nitrogens with one attached hydrogen (secondary N) is 3. The van der Waals surface area contributed by atoms with E-state index in [1.165, 1.54) is 24.9 Å². The third-order valence-electron chi connectivity index (χ3n) is 6.72. The van der Waals surface area contributed by atoms with Crippen LogP contribution in [0.5, 0.6) is 5.75 Å². The van der Waals surface area contributed by atoms with Crippen molar-refractivity contribution >= 4 is 28.5 Å². The van der Waals surface area contributed by atoms with Crippen molar-refractivity contribution in [2.45, 2.75) is 39.7 Å². The number of ether oxygens (including phenoxy) is 2. The monoisotopic (exact) mass is 400 g/mol. The van der Waals surface area contributed by atoms with Gasteiger partial charge in [0, 0.05) is 28.7 Å². The fraction of sp³-hybridized carbons (Fsp3) is 0.545. The molecule has 2 heterocycles. The molecule has 2 fully saturated rings. The van der Waals surface area contributed by atoms with Crippen molar-refractivity contribution < 1.29 is 24.0 Å². The predicted molar refractivity (Wildman–Crippen MR) is 110 cm³/mol. The van der Waals surface area contributed by atoms with Crippen molar-refractivity contribution in [2.75, 3.05) is 32.6 Å². The summed E-state index contributed by atoms with van der Waals surface area (Å²) in [4.78, 5) is 29.6. The number of amides is 1. The maximum atomic E-state index is 13.0. The first-order chi connectivity index (χ1) is 13.7. The third-order valence-corrected chi connectivity index (χ3v) is 6.72. The summed E-state index contributed by atoms with van der Waals surface area (Å²) >= 11 is 0. The number of H-pyrrole nitrogens is 1. The van der Waals surface area contributed by atoms with E-state index in [4.69, 9.17) is 9.47 Å². The fourth-order valence-corrected chi connectivity index (χ4v) is 5.83. The van der Waals surface area contributed by atoms with Crippen molar-refractivity contribution in [3.8, 4) is 5.75 Å². The molecule has 1 aliphatic carbocycles. The summed E-state index contributed by atoms with van der Waals surface area (Å²) in [6, 6.07) is 5.93. The van der Waals surface area contributed by atoms with Crippen LogP contribution in [0.2, 0.25) is 0 Å². The Morgan fingerprint density at radius 2 is 2.03 bits per heavy atom. The molecule has 1 unspecified atom stereocenters. The van der Waals surface area contributed by atoms with Crippen LogP contribution in [0.1, 0.15) is 44.1 Å². The first-order valence-electron chi connectivity index (χ1n) is 10.1. The Balaban J connectivity index is 1.59. The SMILES string of the molecule is COC(=O)c1[nH]c2cc(OC)ccc2c1NC(=O)C[NH+]1C[C@]2(C)C[C@H]1C(C)(C)C2. The van der Waals surface area contributed by atoms with E-state index < -0.39 is 5.97 Å². The smallest absolute Gasteiger partial charge is 0.356 e. The summed E-state index contributed by atoms with van der Waals surface area (Å²) in [5.41, 5.74) is 1.99. The molecule has 7 heteroatoms. The van der Waals surface area contributed by atoms with Gasteiger partial charge in [0.1, 0.15) is 11.4 Å². The van der Waals surface area contributed by atoms with Gasteiger partial charge in [-0.25, -0.2) is 4.79 Å². The molecule has 3 atom stereocenters. The number of carbonyl (C=O) groups is 2. The highest BCUT2D eigenvalue weighted by Gasteiger charge is 2.59. The lowest BCUT2D eigenvalue weighted by Gasteiger charge is -2.37. The van der Waals surface area contributed by atoms with Gasteiger partial charge in [-0.1, -0.05) is 20.8 Å². The summed E-state index contributed by atoms with van der Waals surface area (Å²) < 4.78 is 10.2. The second-order valence-corrected chi connectivity index (χ2v) is 9.57. The lowest BCUT2D eigenvalue weighted by Crippen LogP contribution is -3.17. The molecule has 2 bridgehead atoms. The van der Waals surface area contributed by atoms with E-state index in [9.17, 15) is 9.59 Å². The van der Waals surface area contributed by atoms with Gasteiger partial charge in [-0.05, 0) is 18.6 Å². The quantitative estimate of drug-likeness (QED) is 0.670. The number of carbonyl (C=O) groups excluding carboxylic acids is 2. The van der Waals surface area contributed by atoms with Crippen molar-refractivity contribution in [3.05, 3.63) is 23.9 Å². The van der Waals surface area contributed by atoms with Gasteiger partial charge in [0.25, 0.3) is 5.91 Å². The van der Waals surface area contributed by atoms with Gasteiger partial charge in [-0.3, -0.25) is 4.79 Å². The lowest BCUT2D eigenvalue weighted by atomic mass is 9.79. The lowest BCUT2D eigenvalue weighted by molar-refractivity contribution is -0.919. The van der Waals surface area contributed by atoms with E-state index in [2.05, 4.69) is 31.1 Å². The standard InChI is InChI=1S/C22H29N3O4/c1-21(2)11-22(3)9-16(21)25(12-22)10-17(26)24-18-14-7-6-13(28-4)8-15(14)23-19(18)20(27)29-5/h6-8,16,23H,9-12H2,1-5H3,(H,24,26)/p+1/t16-,22+/m0/s1. The van der Waals surface area contributed by atoms with Gasteiger partial charge in [0.05, 0.1) is 38.0 Å². The average Bonchev–Trinajstić information content (AvgIpc) is 3.25. The molecule has 0 spiro atoms. The molecule has 0 radical (unpaired) electrons. The molecular weight excluding hydrogens is 370 g/mol. The van der Waals surface area contributed by atoms with Crippen molar-refractivity contribution in [3.63, 3.8) is 0 Å². The van der Waals surface area contributed by atoms with Gasteiger partial charge in [0.15, 0.2) is 6.54 Å². The number of quaternary nitrogens is 1. The van der Waals surface area contributed by atoms with Crippen LogP contribution >= 0.6 is 0 Å². The molecule has 1 amide bonds. The van der Waals surface area contributed by atoms with E-state index in [0.29, 0.717) is 35.0 Å². The maximum absolute atomic E-state index is 13.0. The number of benzene rings is 1. The first-order valence-corrected chi connectivity index (χ1v) is 10.1. The number of anilines is 1. The van der Waals surface area contributed by atoms with Gasteiger partial charge in [0.2, 0.25) is 0 Å². The largest absolute Gasteiger partial charge is 0.497 e. The van der Waals surface area contributed by atoms with Crippen LogP contribution in [0.15, 0.2) is 18.2 Å². The van der Waals surface area contributed by atoms with E-state index in [0.717, 1.165) is 11.9 Å². The van der Waals surface area contributed by atoms with Gasteiger partial charge >= 0.3 is 5.97 Å². The number of hydrogen-bond donors (Lipinski definition) is 3. The molecule has 1 aliphatic heterocycles. The molecule has 2 aliphatic rings. The highest BCUT2D eigenvalue weighted by Crippen LogP contribution is 2.50. The van der Waals surface area contributed by atoms with E-state index in [1.54, 1.807) is 19.2 Å².